The molecule has 0 bridgehead atoms. The molecular formula is C23H22F2N2O4S. The standard InChI is InChI=1S/C23H22F2N2O4S/c1-16-13-18(11-12-21(16)31-2)32(29,30)27(14-17-7-4-3-5-8-17)15-22(28)26-23-19(24)9-6-10-20(23)25/h3-13H,14-15H2,1-2H3,(H,26,28). The summed E-state index contributed by atoms with van der Waals surface area (Å²) < 4.78 is 60.7. The van der Waals surface area contributed by atoms with E-state index in [0.717, 1.165) is 16.4 Å². The summed E-state index contributed by atoms with van der Waals surface area (Å²) in [6, 6.07) is 16.2. The van der Waals surface area contributed by atoms with Gasteiger partial charge in [0.05, 0.1) is 18.6 Å². The quantitative estimate of drug-likeness (QED) is 0.549. The van der Waals surface area contributed by atoms with Crippen LogP contribution in [0.15, 0.2) is 71.6 Å². The molecule has 1 N–H and O–H groups in total. The highest BCUT2D eigenvalue weighted by Gasteiger charge is 2.28. The molecule has 0 aliphatic heterocycles. The molecule has 1 amide bonds. The highest BCUT2D eigenvalue weighted by molar-refractivity contribution is 7.89. The molecule has 0 saturated carbocycles. The molecule has 3 aromatic carbocycles. The van der Waals surface area contributed by atoms with Gasteiger partial charge in [-0.3, -0.25) is 4.79 Å². The third-order valence-corrected chi connectivity index (χ3v) is 6.54. The maximum absolute atomic E-state index is 13.9. The number of methoxy groups -OCH3 is 1. The molecule has 3 rings (SSSR count). The first-order valence-electron chi connectivity index (χ1n) is 9.65. The van der Waals surface area contributed by atoms with E-state index in [-0.39, 0.29) is 11.4 Å². The van der Waals surface area contributed by atoms with E-state index in [4.69, 9.17) is 4.74 Å². The number of ether oxygens (including phenoxy) is 1. The molecule has 0 aliphatic rings. The molecule has 0 aromatic heterocycles. The molecule has 0 spiro atoms. The largest absolute Gasteiger partial charge is 0.496 e. The number of carbonyl (C=O) groups is 1. The second kappa shape index (κ2) is 9.88. The summed E-state index contributed by atoms with van der Waals surface area (Å²) in [4.78, 5) is 12.6. The molecule has 0 aliphatic carbocycles. The van der Waals surface area contributed by atoms with Crippen LogP contribution in [0.3, 0.4) is 0 Å². The Kier molecular flexibility index (Phi) is 7.22. The number of halogens is 2. The van der Waals surface area contributed by atoms with Gasteiger partial charge < -0.3 is 10.1 Å². The lowest BCUT2D eigenvalue weighted by atomic mass is 10.2. The van der Waals surface area contributed by atoms with E-state index in [9.17, 15) is 22.0 Å². The van der Waals surface area contributed by atoms with Crippen LogP contribution in [0.2, 0.25) is 0 Å². The fraction of sp³-hybridized carbons (Fsp3) is 0.174. The van der Waals surface area contributed by atoms with Gasteiger partial charge in [0.2, 0.25) is 15.9 Å². The van der Waals surface area contributed by atoms with Crippen molar-refractivity contribution in [3.05, 3.63) is 89.5 Å². The number of sulfonamides is 1. The Bertz CT molecular complexity index is 1200. The topological polar surface area (TPSA) is 75.7 Å². The first kappa shape index (κ1) is 23.4. The normalized spacial score (nSPS) is 11.4. The zero-order valence-corrected chi connectivity index (χ0v) is 18.3. The zero-order valence-electron chi connectivity index (χ0n) is 17.5. The number of amides is 1. The van der Waals surface area contributed by atoms with Gasteiger partial charge in [0.15, 0.2) is 0 Å². The van der Waals surface area contributed by atoms with Crippen LogP contribution in [-0.2, 0) is 21.4 Å². The average molecular weight is 461 g/mol. The third kappa shape index (κ3) is 5.30. The van der Waals surface area contributed by atoms with Crippen LogP contribution in [0.1, 0.15) is 11.1 Å². The SMILES string of the molecule is COc1ccc(S(=O)(=O)N(CC(=O)Nc2c(F)cccc2F)Cc2ccccc2)cc1C. The molecular weight excluding hydrogens is 438 g/mol. The second-order valence-electron chi connectivity index (χ2n) is 7.03. The maximum atomic E-state index is 13.9. The lowest BCUT2D eigenvalue weighted by molar-refractivity contribution is -0.116. The van der Waals surface area contributed by atoms with Gasteiger partial charge in [0.1, 0.15) is 23.1 Å². The van der Waals surface area contributed by atoms with Gasteiger partial charge in [0, 0.05) is 6.54 Å². The number of hydrogen-bond acceptors (Lipinski definition) is 4. The van der Waals surface area contributed by atoms with Crippen LogP contribution < -0.4 is 10.1 Å². The minimum atomic E-state index is -4.12. The number of hydrogen-bond donors (Lipinski definition) is 1. The van der Waals surface area contributed by atoms with Crippen molar-refractivity contribution in [3.8, 4) is 5.75 Å². The van der Waals surface area contributed by atoms with Crippen molar-refractivity contribution in [2.45, 2.75) is 18.4 Å². The maximum Gasteiger partial charge on any atom is 0.243 e. The van der Waals surface area contributed by atoms with Crippen LogP contribution in [0.25, 0.3) is 0 Å². The van der Waals surface area contributed by atoms with Crippen molar-refractivity contribution in [1.29, 1.82) is 0 Å². The van der Waals surface area contributed by atoms with Gasteiger partial charge in [-0.2, -0.15) is 4.31 Å². The predicted octanol–water partition coefficient (Wildman–Crippen LogP) is 4.11. The van der Waals surface area contributed by atoms with Crippen molar-refractivity contribution in [2.24, 2.45) is 0 Å². The van der Waals surface area contributed by atoms with Crippen LogP contribution in [0.5, 0.6) is 5.75 Å². The van der Waals surface area contributed by atoms with E-state index in [2.05, 4.69) is 5.32 Å². The molecule has 0 radical (unpaired) electrons. The number of benzene rings is 3. The Morgan fingerprint density at radius 2 is 1.66 bits per heavy atom. The van der Waals surface area contributed by atoms with E-state index in [1.54, 1.807) is 37.3 Å². The fourth-order valence-corrected chi connectivity index (χ4v) is 4.60. The summed E-state index contributed by atoms with van der Waals surface area (Å²) in [5.74, 6) is -2.27. The van der Waals surface area contributed by atoms with Crippen molar-refractivity contribution in [1.82, 2.24) is 4.31 Å². The van der Waals surface area contributed by atoms with E-state index in [0.29, 0.717) is 16.9 Å². The van der Waals surface area contributed by atoms with Crippen LogP contribution in [0.4, 0.5) is 14.5 Å². The highest BCUT2D eigenvalue weighted by Crippen LogP contribution is 2.25. The molecule has 168 valence electrons. The van der Waals surface area contributed by atoms with Crippen LogP contribution >= 0.6 is 0 Å². The van der Waals surface area contributed by atoms with E-state index in [1.807, 2.05) is 0 Å². The first-order valence-corrected chi connectivity index (χ1v) is 11.1. The lowest BCUT2D eigenvalue weighted by Crippen LogP contribution is -2.37. The fourth-order valence-electron chi connectivity index (χ4n) is 3.13. The number of nitrogens with one attached hydrogen (secondary N) is 1. The van der Waals surface area contributed by atoms with Crippen LogP contribution in [-0.4, -0.2) is 32.3 Å². The molecule has 0 heterocycles. The Labute approximate surface area is 185 Å². The third-order valence-electron chi connectivity index (χ3n) is 4.75. The van der Waals surface area contributed by atoms with E-state index < -0.39 is 39.8 Å². The Morgan fingerprint density at radius 1 is 1.00 bits per heavy atom. The number of anilines is 1. The van der Waals surface area contributed by atoms with E-state index in [1.165, 1.54) is 31.4 Å². The minimum Gasteiger partial charge on any atom is -0.496 e. The Balaban J connectivity index is 1.92. The number of aryl methyl sites for hydroxylation is 1. The predicted molar refractivity (Wildman–Crippen MR) is 117 cm³/mol. The highest BCUT2D eigenvalue weighted by atomic mass is 32.2. The minimum absolute atomic E-state index is 0.0309. The summed E-state index contributed by atoms with van der Waals surface area (Å²) in [5.41, 5.74) is 0.618. The van der Waals surface area contributed by atoms with Gasteiger partial charge in [-0.15, -0.1) is 0 Å². The number of carbonyl (C=O) groups excluding carboxylic acids is 1. The average Bonchev–Trinajstić information content (AvgIpc) is 2.76. The number of rotatable bonds is 8. The van der Waals surface area contributed by atoms with Crippen LogP contribution in [0, 0.1) is 18.6 Å². The molecule has 0 atom stereocenters. The number of nitrogens with zero attached hydrogens (tertiary/aromatic N) is 1. The van der Waals surface area contributed by atoms with Gasteiger partial charge in [-0.05, 0) is 48.4 Å². The van der Waals surface area contributed by atoms with Gasteiger partial charge in [0.25, 0.3) is 0 Å². The first-order chi connectivity index (χ1) is 15.2. The number of para-hydroxylation sites is 1. The van der Waals surface area contributed by atoms with Gasteiger partial charge >= 0.3 is 0 Å². The summed E-state index contributed by atoms with van der Waals surface area (Å²) in [7, 11) is -2.65. The smallest absolute Gasteiger partial charge is 0.243 e. The monoisotopic (exact) mass is 460 g/mol. The molecule has 6 nitrogen and oxygen atoms in total. The molecule has 0 saturated heterocycles. The zero-order chi connectivity index (χ0) is 23.3. The summed E-state index contributed by atoms with van der Waals surface area (Å²) in [6.45, 7) is 0.949. The summed E-state index contributed by atoms with van der Waals surface area (Å²) >= 11 is 0. The molecule has 0 fully saturated rings. The summed E-state index contributed by atoms with van der Waals surface area (Å²) in [5, 5.41) is 2.13. The van der Waals surface area contributed by atoms with Gasteiger partial charge in [-0.1, -0.05) is 36.4 Å². The van der Waals surface area contributed by atoms with Crippen molar-refractivity contribution < 1.29 is 26.7 Å². The second-order valence-corrected chi connectivity index (χ2v) is 8.97. The Morgan fingerprint density at radius 3 is 2.25 bits per heavy atom. The van der Waals surface area contributed by atoms with Crippen molar-refractivity contribution in [2.75, 3.05) is 19.0 Å². The molecule has 0 unspecified atom stereocenters. The van der Waals surface area contributed by atoms with Crippen molar-refractivity contribution >= 4 is 21.6 Å². The van der Waals surface area contributed by atoms with Gasteiger partial charge in [-0.25, -0.2) is 17.2 Å². The molecule has 9 heteroatoms. The van der Waals surface area contributed by atoms with Crippen molar-refractivity contribution in [3.63, 3.8) is 0 Å². The summed E-state index contributed by atoms with van der Waals surface area (Å²) in [6.07, 6.45) is 0. The molecule has 32 heavy (non-hydrogen) atoms. The molecule has 3 aromatic rings. The van der Waals surface area contributed by atoms with E-state index >= 15 is 0 Å². The lowest BCUT2D eigenvalue weighted by Gasteiger charge is -2.22. The Hall–Kier alpha value is -3.30.